The topological polar surface area (TPSA) is 53.3 Å². The molecule has 2 aromatic carbocycles. The summed E-state index contributed by atoms with van der Waals surface area (Å²) >= 11 is 0. The molecule has 0 radical (unpaired) electrons. The Bertz CT molecular complexity index is 1250. The lowest BCUT2D eigenvalue weighted by Gasteiger charge is -2.15. The number of para-hydroxylation sites is 1. The van der Waals surface area contributed by atoms with E-state index in [1.165, 1.54) is 16.8 Å². The average molecular weight is 453 g/mol. The van der Waals surface area contributed by atoms with Crippen molar-refractivity contribution < 1.29 is 14.2 Å². The zero-order valence-electron chi connectivity index (χ0n) is 19.9. The third-order valence-electron chi connectivity index (χ3n) is 5.64. The van der Waals surface area contributed by atoms with Gasteiger partial charge < -0.3 is 10.2 Å². The summed E-state index contributed by atoms with van der Waals surface area (Å²) in [6.45, 7) is 7.04. The molecule has 1 aliphatic rings. The van der Waals surface area contributed by atoms with Crippen LogP contribution in [-0.4, -0.2) is 18.2 Å². The monoisotopic (exact) mass is 452 g/mol. The van der Waals surface area contributed by atoms with E-state index in [0.717, 1.165) is 29.8 Å². The lowest BCUT2D eigenvalue weighted by molar-refractivity contribution is -0.684. The number of nitrogens with one attached hydrogen (secondary N) is 1. The van der Waals surface area contributed by atoms with Gasteiger partial charge in [-0.15, -0.1) is 0 Å². The average Bonchev–Trinajstić information content (AvgIpc) is 3.19. The molecule has 1 N–H and O–H groups in total. The second-order valence-corrected chi connectivity index (χ2v) is 8.88. The van der Waals surface area contributed by atoms with Crippen molar-refractivity contribution in [2.45, 2.75) is 33.7 Å². The van der Waals surface area contributed by atoms with Crippen molar-refractivity contribution in [3.8, 4) is 0 Å². The number of carbonyl (C=O) groups is 2. The molecular formula is C29H30N3O2+. The molecule has 4 rings (SSSR count). The van der Waals surface area contributed by atoms with E-state index in [9.17, 15) is 9.59 Å². The number of carbonyl (C=O) groups excluding carboxylic acids is 2. The van der Waals surface area contributed by atoms with Crippen LogP contribution in [0, 0.1) is 0 Å². The van der Waals surface area contributed by atoms with Crippen LogP contribution in [0.3, 0.4) is 0 Å². The number of ketones is 1. The molecule has 0 saturated carbocycles. The maximum Gasteiger partial charge on any atom is 0.256 e. The molecule has 34 heavy (non-hydrogen) atoms. The summed E-state index contributed by atoms with van der Waals surface area (Å²) in [6.07, 6.45) is 8.76. The highest BCUT2D eigenvalue weighted by molar-refractivity contribution is 6.29. The zero-order valence-corrected chi connectivity index (χ0v) is 19.9. The summed E-state index contributed by atoms with van der Waals surface area (Å²) in [6, 6.07) is 19.6. The molecule has 1 aromatic heterocycles. The summed E-state index contributed by atoms with van der Waals surface area (Å²) in [7, 11) is 0. The van der Waals surface area contributed by atoms with Crippen LogP contribution >= 0.6 is 0 Å². The first-order valence-electron chi connectivity index (χ1n) is 11.5. The van der Waals surface area contributed by atoms with E-state index in [0.29, 0.717) is 12.1 Å². The predicted octanol–water partition coefficient (Wildman–Crippen LogP) is 5.03. The first kappa shape index (κ1) is 23.2. The third kappa shape index (κ3) is 5.67. The fourth-order valence-corrected chi connectivity index (χ4v) is 4.15. The number of nitrogens with zero attached hydrogens (tertiary/aromatic N) is 2. The van der Waals surface area contributed by atoms with Crippen molar-refractivity contribution in [1.29, 1.82) is 0 Å². The Balaban J connectivity index is 1.68. The van der Waals surface area contributed by atoms with Crippen LogP contribution in [-0.2, 0) is 22.6 Å². The molecule has 3 aromatic rings. The highest BCUT2D eigenvalue weighted by Gasteiger charge is 2.19. The molecule has 0 aliphatic carbocycles. The first-order valence-corrected chi connectivity index (χ1v) is 11.5. The van der Waals surface area contributed by atoms with Crippen molar-refractivity contribution >= 4 is 34.7 Å². The van der Waals surface area contributed by atoms with E-state index in [1.807, 2.05) is 65.5 Å². The number of benzene rings is 2. The molecule has 0 atom stereocenters. The summed E-state index contributed by atoms with van der Waals surface area (Å²) in [5, 5.41) is 3.00. The molecular weight excluding hydrogens is 422 g/mol. The molecule has 0 saturated heterocycles. The van der Waals surface area contributed by atoms with Crippen LogP contribution in [0.2, 0.25) is 0 Å². The van der Waals surface area contributed by atoms with Crippen molar-refractivity contribution in [1.82, 2.24) is 0 Å². The van der Waals surface area contributed by atoms with E-state index in [1.54, 1.807) is 6.92 Å². The fraction of sp³-hybridized carbons (Fsp3) is 0.207. The standard InChI is InChI=1S/C29H29N3O2/c1-21(2)19-32-16-13-25-17-23(9-10-28(25)32)18-27(29(34)30-26-7-5-4-6-8-26)24-11-14-31(15-12-24)20-22(3)33/h4-12,14-15,17-19H,13,16,20H2,1-3H3/p+1. The minimum atomic E-state index is -0.179. The number of allylic oxidation sites excluding steroid dienone is 1. The minimum Gasteiger partial charge on any atom is -0.347 e. The van der Waals surface area contributed by atoms with Gasteiger partial charge in [-0.1, -0.05) is 29.8 Å². The van der Waals surface area contributed by atoms with E-state index >= 15 is 0 Å². The number of aromatic nitrogens is 1. The van der Waals surface area contributed by atoms with Gasteiger partial charge in [-0.25, -0.2) is 0 Å². The van der Waals surface area contributed by atoms with Crippen LogP contribution in [0.25, 0.3) is 11.6 Å². The molecule has 5 nitrogen and oxygen atoms in total. The molecule has 0 bridgehead atoms. The van der Waals surface area contributed by atoms with Gasteiger partial charge in [-0.3, -0.25) is 9.59 Å². The Hall–Kier alpha value is -3.99. The molecule has 0 spiro atoms. The van der Waals surface area contributed by atoms with Gasteiger partial charge in [0.25, 0.3) is 5.91 Å². The van der Waals surface area contributed by atoms with Crippen LogP contribution in [0.5, 0.6) is 0 Å². The third-order valence-corrected chi connectivity index (χ3v) is 5.64. The number of fused-ring (bicyclic) bond motifs is 1. The Morgan fingerprint density at radius 1 is 1.00 bits per heavy atom. The molecule has 0 fully saturated rings. The quantitative estimate of drug-likeness (QED) is 0.404. The normalized spacial score (nSPS) is 12.8. The summed E-state index contributed by atoms with van der Waals surface area (Å²) < 4.78 is 1.81. The van der Waals surface area contributed by atoms with Gasteiger partial charge in [0.05, 0.1) is 0 Å². The van der Waals surface area contributed by atoms with Gasteiger partial charge in [0.1, 0.15) is 0 Å². The number of anilines is 2. The number of pyridine rings is 1. The molecule has 1 amide bonds. The van der Waals surface area contributed by atoms with Gasteiger partial charge in [0.15, 0.2) is 18.2 Å². The number of Topliss-reactive ketones (excluding diaryl/α,β-unsaturated/α-hetero) is 1. The van der Waals surface area contributed by atoms with Gasteiger partial charge in [-0.05, 0) is 67.3 Å². The fourth-order valence-electron chi connectivity index (χ4n) is 4.15. The second kappa shape index (κ2) is 10.3. The van der Waals surface area contributed by atoms with Crippen molar-refractivity contribution in [2.75, 3.05) is 16.8 Å². The number of hydrogen-bond donors (Lipinski definition) is 1. The molecule has 5 heteroatoms. The predicted molar refractivity (Wildman–Crippen MR) is 137 cm³/mol. The Kier molecular flexibility index (Phi) is 7.02. The maximum absolute atomic E-state index is 13.3. The van der Waals surface area contributed by atoms with E-state index < -0.39 is 0 Å². The summed E-state index contributed by atoms with van der Waals surface area (Å²) in [5.41, 5.74) is 6.85. The van der Waals surface area contributed by atoms with Gasteiger partial charge in [0.2, 0.25) is 6.54 Å². The molecule has 0 unspecified atom stereocenters. The highest BCUT2D eigenvalue weighted by atomic mass is 16.1. The largest absolute Gasteiger partial charge is 0.347 e. The van der Waals surface area contributed by atoms with Crippen LogP contribution in [0.1, 0.15) is 37.5 Å². The Labute approximate surface area is 201 Å². The lowest BCUT2D eigenvalue weighted by Crippen LogP contribution is -2.36. The lowest BCUT2D eigenvalue weighted by atomic mass is 10.0. The second-order valence-electron chi connectivity index (χ2n) is 8.88. The van der Waals surface area contributed by atoms with Crippen molar-refractivity contribution in [2.24, 2.45) is 0 Å². The Morgan fingerprint density at radius 2 is 1.74 bits per heavy atom. The molecule has 172 valence electrons. The highest BCUT2D eigenvalue weighted by Crippen LogP contribution is 2.31. The van der Waals surface area contributed by atoms with Gasteiger partial charge in [0, 0.05) is 48.7 Å². The zero-order chi connectivity index (χ0) is 24.1. The van der Waals surface area contributed by atoms with Crippen molar-refractivity contribution in [3.05, 3.63) is 102 Å². The van der Waals surface area contributed by atoms with E-state index in [4.69, 9.17) is 0 Å². The van der Waals surface area contributed by atoms with E-state index in [-0.39, 0.29) is 11.7 Å². The first-order chi connectivity index (χ1) is 16.4. The minimum absolute atomic E-state index is 0.0793. The summed E-state index contributed by atoms with van der Waals surface area (Å²) in [5.74, 6) is -0.0992. The number of rotatable bonds is 7. The SMILES string of the molecule is CC(=O)C[n+]1ccc(/C(=C/c2ccc3c(c2)CCN3C=C(C)C)C(=O)Nc2ccccc2)cc1. The maximum atomic E-state index is 13.3. The smallest absolute Gasteiger partial charge is 0.256 e. The van der Waals surface area contributed by atoms with Crippen LogP contribution in [0.4, 0.5) is 11.4 Å². The Morgan fingerprint density at radius 3 is 2.41 bits per heavy atom. The van der Waals surface area contributed by atoms with Gasteiger partial charge in [-0.2, -0.15) is 4.57 Å². The number of hydrogen-bond acceptors (Lipinski definition) is 3. The number of amides is 1. The molecule has 2 heterocycles. The van der Waals surface area contributed by atoms with Crippen molar-refractivity contribution in [3.63, 3.8) is 0 Å². The van der Waals surface area contributed by atoms with E-state index in [2.05, 4.69) is 48.5 Å². The summed E-state index contributed by atoms with van der Waals surface area (Å²) in [4.78, 5) is 27.1. The van der Waals surface area contributed by atoms with Gasteiger partial charge >= 0.3 is 0 Å². The van der Waals surface area contributed by atoms with Crippen LogP contribution < -0.4 is 14.8 Å². The van der Waals surface area contributed by atoms with Crippen LogP contribution in [0.15, 0.2) is 84.8 Å². The molecule has 1 aliphatic heterocycles.